The molecule has 0 bridgehead atoms. The molecule has 1 aromatic carbocycles. The SMILES string of the molecule is COCc1cccc(NCc2ccc(C(=O)O)cn2)c1. The summed E-state index contributed by atoms with van der Waals surface area (Å²) in [5.74, 6) is -0.968. The van der Waals surface area contributed by atoms with Gasteiger partial charge >= 0.3 is 5.97 Å². The lowest BCUT2D eigenvalue weighted by Gasteiger charge is -2.08. The van der Waals surface area contributed by atoms with Crippen LogP contribution < -0.4 is 5.32 Å². The number of aromatic nitrogens is 1. The zero-order valence-corrected chi connectivity index (χ0v) is 11.2. The average Bonchev–Trinajstić information content (AvgIpc) is 2.46. The van der Waals surface area contributed by atoms with E-state index >= 15 is 0 Å². The van der Waals surface area contributed by atoms with Crippen molar-refractivity contribution in [3.8, 4) is 0 Å². The van der Waals surface area contributed by atoms with E-state index in [4.69, 9.17) is 9.84 Å². The number of anilines is 1. The zero-order valence-electron chi connectivity index (χ0n) is 11.2. The number of rotatable bonds is 6. The Morgan fingerprint density at radius 2 is 2.20 bits per heavy atom. The van der Waals surface area contributed by atoms with Crippen LogP contribution in [0.2, 0.25) is 0 Å². The lowest BCUT2D eigenvalue weighted by Crippen LogP contribution is -2.04. The number of aromatic carboxylic acids is 1. The molecule has 0 atom stereocenters. The van der Waals surface area contributed by atoms with Crippen molar-refractivity contribution < 1.29 is 14.6 Å². The highest BCUT2D eigenvalue weighted by Gasteiger charge is 2.03. The smallest absolute Gasteiger partial charge is 0.337 e. The molecule has 5 nitrogen and oxygen atoms in total. The van der Waals surface area contributed by atoms with E-state index in [0.29, 0.717) is 13.2 Å². The molecule has 0 saturated heterocycles. The van der Waals surface area contributed by atoms with Crippen molar-refractivity contribution in [1.82, 2.24) is 4.98 Å². The molecule has 0 aliphatic carbocycles. The van der Waals surface area contributed by atoms with E-state index in [1.54, 1.807) is 19.2 Å². The Labute approximate surface area is 117 Å². The summed E-state index contributed by atoms with van der Waals surface area (Å²) >= 11 is 0. The van der Waals surface area contributed by atoms with E-state index in [1.165, 1.54) is 6.20 Å². The number of hydrogen-bond donors (Lipinski definition) is 2. The maximum atomic E-state index is 10.7. The monoisotopic (exact) mass is 272 g/mol. The third-order valence-corrected chi connectivity index (χ3v) is 2.78. The molecule has 0 unspecified atom stereocenters. The number of nitrogens with one attached hydrogen (secondary N) is 1. The molecule has 0 spiro atoms. The summed E-state index contributed by atoms with van der Waals surface area (Å²) in [4.78, 5) is 14.8. The second kappa shape index (κ2) is 6.68. The van der Waals surface area contributed by atoms with Gasteiger partial charge in [0.25, 0.3) is 0 Å². The number of pyridine rings is 1. The lowest BCUT2D eigenvalue weighted by molar-refractivity contribution is 0.0696. The second-order valence-electron chi connectivity index (χ2n) is 4.33. The van der Waals surface area contributed by atoms with Gasteiger partial charge in [0.2, 0.25) is 0 Å². The predicted molar refractivity (Wildman–Crippen MR) is 75.7 cm³/mol. The molecule has 5 heteroatoms. The fourth-order valence-electron chi connectivity index (χ4n) is 1.79. The Kier molecular flexibility index (Phi) is 4.68. The third kappa shape index (κ3) is 3.80. The van der Waals surface area contributed by atoms with Gasteiger partial charge in [-0.05, 0) is 29.8 Å². The Morgan fingerprint density at radius 3 is 2.85 bits per heavy atom. The van der Waals surface area contributed by atoms with Crippen LogP contribution in [-0.4, -0.2) is 23.2 Å². The molecule has 0 saturated carbocycles. The van der Waals surface area contributed by atoms with E-state index in [2.05, 4.69) is 10.3 Å². The van der Waals surface area contributed by atoms with Gasteiger partial charge < -0.3 is 15.2 Å². The fourth-order valence-corrected chi connectivity index (χ4v) is 1.79. The van der Waals surface area contributed by atoms with Crippen molar-refractivity contribution in [2.75, 3.05) is 12.4 Å². The largest absolute Gasteiger partial charge is 0.478 e. The Morgan fingerprint density at radius 1 is 1.35 bits per heavy atom. The van der Waals surface area contributed by atoms with Crippen molar-refractivity contribution in [1.29, 1.82) is 0 Å². The summed E-state index contributed by atoms with van der Waals surface area (Å²) in [7, 11) is 1.66. The van der Waals surface area contributed by atoms with Crippen LogP contribution in [0.25, 0.3) is 0 Å². The first-order chi connectivity index (χ1) is 9.69. The molecule has 1 heterocycles. The summed E-state index contributed by atoms with van der Waals surface area (Å²) in [5, 5.41) is 12.0. The highest BCUT2D eigenvalue weighted by atomic mass is 16.5. The van der Waals surface area contributed by atoms with Crippen molar-refractivity contribution in [3.63, 3.8) is 0 Å². The van der Waals surface area contributed by atoms with Gasteiger partial charge in [0.1, 0.15) is 0 Å². The van der Waals surface area contributed by atoms with Gasteiger partial charge in [0.15, 0.2) is 0 Å². The van der Waals surface area contributed by atoms with Gasteiger partial charge in [0, 0.05) is 19.0 Å². The van der Waals surface area contributed by atoms with Crippen molar-refractivity contribution in [2.24, 2.45) is 0 Å². The number of carbonyl (C=O) groups is 1. The lowest BCUT2D eigenvalue weighted by atomic mass is 10.2. The van der Waals surface area contributed by atoms with E-state index in [-0.39, 0.29) is 5.56 Å². The predicted octanol–water partition coefficient (Wildman–Crippen LogP) is 2.54. The number of hydrogen-bond acceptors (Lipinski definition) is 4. The van der Waals surface area contributed by atoms with Gasteiger partial charge in [-0.2, -0.15) is 0 Å². The summed E-state index contributed by atoms with van der Waals surface area (Å²) in [6.45, 7) is 1.11. The van der Waals surface area contributed by atoms with Gasteiger partial charge in [-0.3, -0.25) is 4.98 Å². The van der Waals surface area contributed by atoms with Crippen LogP contribution in [0.4, 0.5) is 5.69 Å². The molecule has 0 aliphatic rings. The van der Waals surface area contributed by atoms with E-state index in [0.717, 1.165) is 16.9 Å². The maximum absolute atomic E-state index is 10.7. The zero-order chi connectivity index (χ0) is 14.4. The normalized spacial score (nSPS) is 10.2. The van der Waals surface area contributed by atoms with Crippen molar-refractivity contribution in [3.05, 3.63) is 59.4 Å². The molecule has 104 valence electrons. The minimum atomic E-state index is -0.968. The van der Waals surface area contributed by atoms with Crippen LogP contribution in [0.3, 0.4) is 0 Å². The van der Waals surface area contributed by atoms with Crippen LogP contribution in [0, 0.1) is 0 Å². The first kappa shape index (κ1) is 14.0. The van der Waals surface area contributed by atoms with Gasteiger partial charge in [-0.1, -0.05) is 12.1 Å². The molecule has 20 heavy (non-hydrogen) atoms. The van der Waals surface area contributed by atoms with Crippen molar-refractivity contribution >= 4 is 11.7 Å². The minimum absolute atomic E-state index is 0.191. The van der Waals surface area contributed by atoms with E-state index < -0.39 is 5.97 Å². The Hall–Kier alpha value is -2.40. The number of carboxylic acid groups (broad SMARTS) is 1. The average molecular weight is 272 g/mol. The highest BCUT2D eigenvalue weighted by molar-refractivity contribution is 5.87. The first-order valence-corrected chi connectivity index (χ1v) is 6.19. The summed E-state index contributed by atoms with van der Waals surface area (Å²) < 4.78 is 5.09. The standard InChI is InChI=1S/C15H16N2O3/c1-20-10-11-3-2-4-13(7-11)17-9-14-6-5-12(8-16-14)15(18)19/h2-8,17H,9-10H2,1H3,(H,18,19). The topological polar surface area (TPSA) is 71.5 Å². The van der Waals surface area contributed by atoms with Crippen molar-refractivity contribution in [2.45, 2.75) is 13.2 Å². The number of nitrogens with zero attached hydrogens (tertiary/aromatic N) is 1. The minimum Gasteiger partial charge on any atom is -0.478 e. The number of carboxylic acids is 1. The second-order valence-corrected chi connectivity index (χ2v) is 4.33. The van der Waals surface area contributed by atoms with E-state index in [1.807, 2.05) is 24.3 Å². The summed E-state index contributed by atoms with van der Waals surface area (Å²) in [6.07, 6.45) is 1.36. The molecular formula is C15H16N2O3. The highest BCUT2D eigenvalue weighted by Crippen LogP contribution is 2.12. The van der Waals surface area contributed by atoms with Crippen LogP contribution in [0.5, 0.6) is 0 Å². The summed E-state index contributed by atoms with van der Waals surface area (Å²) in [5.41, 5.74) is 3.04. The Balaban J connectivity index is 1.97. The number of ether oxygens (including phenoxy) is 1. The number of benzene rings is 1. The molecule has 0 fully saturated rings. The van der Waals surface area contributed by atoms with E-state index in [9.17, 15) is 4.79 Å². The molecule has 0 amide bonds. The quantitative estimate of drug-likeness (QED) is 0.845. The van der Waals surface area contributed by atoms with Crippen LogP contribution >= 0.6 is 0 Å². The molecule has 0 aliphatic heterocycles. The number of methoxy groups -OCH3 is 1. The molecule has 0 radical (unpaired) electrons. The molecule has 2 rings (SSSR count). The maximum Gasteiger partial charge on any atom is 0.337 e. The first-order valence-electron chi connectivity index (χ1n) is 6.19. The Bertz CT molecular complexity index is 582. The van der Waals surface area contributed by atoms with Crippen LogP contribution in [-0.2, 0) is 17.9 Å². The van der Waals surface area contributed by atoms with Gasteiger partial charge in [-0.15, -0.1) is 0 Å². The van der Waals surface area contributed by atoms with Crippen LogP contribution in [0.1, 0.15) is 21.6 Å². The third-order valence-electron chi connectivity index (χ3n) is 2.78. The van der Waals surface area contributed by atoms with Crippen LogP contribution in [0.15, 0.2) is 42.6 Å². The van der Waals surface area contributed by atoms with Gasteiger partial charge in [-0.25, -0.2) is 4.79 Å². The molecular weight excluding hydrogens is 256 g/mol. The molecule has 2 aromatic rings. The van der Waals surface area contributed by atoms with Gasteiger partial charge in [0.05, 0.1) is 24.4 Å². The summed E-state index contributed by atoms with van der Waals surface area (Å²) in [6, 6.07) is 11.2. The molecule has 1 aromatic heterocycles. The molecule has 2 N–H and O–H groups in total. The fraction of sp³-hybridized carbons (Fsp3) is 0.200.